The Labute approximate surface area is 151 Å². The smallest absolute Gasteiger partial charge is 0.224 e. The Morgan fingerprint density at radius 3 is 2.44 bits per heavy atom. The molecule has 1 aliphatic rings. The fraction of sp³-hybridized carbons (Fsp3) is 0.409. The lowest BCUT2D eigenvalue weighted by atomic mass is 10.0. The van der Waals surface area contributed by atoms with Crippen molar-refractivity contribution in [2.24, 2.45) is 0 Å². The highest BCUT2D eigenvalue weighted by atomic mass is 16.2. The predicted octanol–water partition coefficient (Wildman–Crippen LogP) is 4.06. The minimum Gasteiger partial charge on any atom is -0.310 e. The molecule has 1 heterocycles. The maximum absolute atomic E-state index is 12.3. The van der Waals surface area contributed by atoms with Crippen LogP contribution in [0.2, 0.25) is 0 Å². The number of hydrogen-bond donors (Lipinski definition) is 0. The van der Waals surface area contributed by atoms with Gasteiger partial charge < -0.3 is 9.80 Å². The summed E-state index contributed by atoms with van der Waals surface area (Å²) in [4.78, 5) is 16.8. The second-order valence-corrected chi connectivity index (χ2v) is 7.04. The molecule has 3 heteroatoms. The Kier molecular flexibility index (Phi) is 5.87. The molecule has 2 aromatic rings. The van der Waals surface area contributed by atoms with Crippen molar-refractivity contribution in [2.45, 2.75) is 39.2 Å². The second kappa shape index (κ2) is 8.30. The molecule has 0 saturated carbocycles. The van der Waals surface area contributed by atoms with E-state index >= 15 is 0 Å². The molecular formula is C22H28N2O. The molecule has 1 fully saturated rings. The van der Waals surface area contributed by atoms with Crippen molar-refractivity contribution in [3.8, 4) is 0 Å². The lowest BCUT2D eigenvalue weighted by molar-refractivity contribution is -0.117. The van der Waals surface area contributed by atoms with Gasteiger partial charge in [0, 0.05) is 38.3 Å². The van der Waals surface area contributed by atoms with Gasteiger partial charge in [-0.05, 0) is 49.4 Å². The number of aryl methyl sites for hydroxylation is 1. The molecule has 1 aliphatic heterocycles. The van der Waals surface area contributed by atoms with E-state index in [0.29, 0.717) is 6.04 Å². The molecule has 0 N–H and O–H groups in total. The fourth-order valence-corrected chi connectivity index (χ4v) is 3.76. The number of anilines is 1. The molecule has 1 amide bonds. The van der Waals surface area contributed by atoms with Crippen molar-refractivity contribution >= 4 is 11.6 Å². The van der Waals surface area contributed by atoms with Crippen molar-refractivity contribution < 1.29 is 4.79 Å². The monoisotopic (exact) mass is 336 g/mol. The molecule has 3 nitrogen and oxygen atoms in total. The summed E-state index contributed by atoms with van der Waals surface area (Å²) < 4.78 is 0. The number of carbonyl (C=O) groups is 1. The van der Waals surface area contributed by atoms with Gasteiger partial charge in [-0.15, -0.1) is 0 Å². The number of carbonyl (C=O) groups excluding carboxylic acids is 1. The predicted molar refractivity (Wildman–Crippen MR) is 104 cm³/mol. The molecular weight excluding hydrogens is 308 g/mol. The minimum absolute atomic E-state index is 0.147. The Morgan fingerprint density at radius 2 is 1.80 bits per heavy atom. The number of piperidine rings is 1. The SMILES string of the molecule is CC(=O)N(c1cccc(C)c1)C1CCN(CCc2ccccc2)CC1. The molecule has 3 rings (SSSR count). The van der Waals surface area contributed by atoms with Crippen molar-refractivity contribution in [3.63, 3.8) is 0 Å². The molecule has 132 valence electrons. The van der Waals surface area contributed by atoms with Gasteiger partial charge in [0.25, 0.3) is 0 Å². The van der Waals surface area contributed by atoms with Crippen LogP contribution in [0.25, 0.3) is 0 Å². The molecule has 25 heavy (non-hydrogen) atoms. The van der Waals surface area contributed by atoms with Gasteiger partial charge >= 0.3 is 0 Å². The lowest BCUT2D eigenvalue weighted by Gasteiger charge is -2.38. The minimum atomic E-state index is 0.147. The molecule has 0 radical (unpaired) electrons. The molecule has 0 bridgehead atoms. The Bertz CT molecular complexity index is 690. The average Bonchev–Trinajstić information content (AvgIpc) is 2.62. The summed E-state index contributed by atoms with van der Waals surface area (Å²) in [6.07, 6.45) is 3.18. The van der Waals surface area contributed by atoms with Crippen molar-refractivity contribution in [1.29, 1.82) is 0 Å². The first-order chi connectivity index (χ1) is 12.1. The van der Waals surface area contributed by atoms with E-state index in [-0.39, 0.29) is 5.91 Å². The first kappa shape index (κ1) is 17.7. The summed E-state index contributed by atoms with van der Waals surface area (Å²) >= 11 is 0. The zero-order valence-electron chi connectivity index (χ0n) is 15.3. The van der Waals surface area contributed by atoms with E-state index in [4.69, 9.17) is 0 Å². The Balaban J connectivity index is 1.57. The molecule has 0 aromatic heterocycles. The summed E-state index contributed by atoms with van der Waals surface area (Å²) in [6, 6.07) is 19.3. The summed E-state index contributed by atoms with van der Waals surface area (Å²) in [7, 11) is 0. The van der Waals surface area contributed by atoms with Crippen LogP contribution in [0.15, 0.2) is 54.6 Å². The van der Waals surface area contributed by atoms with E-state index in [1.807, 2.05) is 11.0 Å². The molecule has 1 saturated heterocycles. The number of rotatable bonds is 5. The van der Waals surface area contributed by atoms with Crippen molar-refractivity contribution in [1.82, 2.24) is 4.90 Å². The highest BCUT2D eigenvalue weighted by Gasteiger charge is 2.27. The average molecular weight is 336 g/mol. The third-order valence-electron chi connectivity index (χ3n) is 5.10. The molecule has 0 unspecified atom stereocenters. The molecule has 0 atom stereocenters. The van der Waals surface area contributed by atoms with Gasteiger partial charge in [0.1, 0.15) is 0 Å². The van der Waals surface area contributed by atoms with Crippen molar-refractivity contribution in [3.05, 3.63) is 65.7 Å². The van der Waals surface area contributed by atoms with E-state index in [2.05, 4.69) is 60.4 Å². The highest BCUT2D eigenvalue weighted by Crippen LogP contribution is 2.25. The standard InChI is InChI=1S/C22H28N2O/c1-18-7-6-10-22(17-18)24(19(2)25)21-12-15-23(16-13-21)14-11-20-8-4-3-5-9-20/h3-10,17,21H,11-16H2,1-2H3. The summed E-state index contributed by atoms with van der Waals surface area (Å²) in [5.74, 6) is 0.147. The normalized spacial score (nSPS) is 15.9. The molecule has 0 aliphatic carbocycles. The van der Waals surface area contributed by atoms with Crippen LogP contribution >= 0.6 is 0 Å². The van der Waals surface area contributed by atoms with Crippen LogP contribution < -0.4 is 4.90 Å². The van der Waals surface area contributed by atoms with Gasteiger partial charge in [0.15, 0.2) is 0 Å². The third-order valence-corrected chi connectivity index (χ3v) is 5.10. The van der Waals surface area contributed by atoms with Gasteiger partial charge in [-0.3, -0.25) is 4.79 Å². The van der Waals surface area contributed by atoms with Gasteiger partial charge in [-0.1, -0.05) is 42.5 Å². The lowest BCUT2D eigenvalue weighted by Crippen LogP contribution is -2.47. The van der Waals surface area contributed by atoms with Crippen molar-refractivity contribution in [2.75, 3.05) is 24.5 Å². The largest absolute Gasteiger partial charge is 0.310 e. The summed E-state index contributed by atoms with van der Waals surface area (Å²) in [5, 5.41) is 0. The van der Waals surface area contributed by atoms with Crippen LogP contribution in [0.4, 0.5) is 5.69 Å². The Morgan fingerprint density at radius 1 is 1.08 bits per heavy atom. The number of amides is 1. The number of hydrogen-bond acceptors (Lipinski definition) is 2. The van der Waals surface area contributed by atoms with Gasteiger partial charge in [-0.25, -0.2) is 0 Å². The maximum atomic E-state index is 12.3. The quantitative estimate of drug-likeness (QED) is 0.822. The molecule has 0 spiro atoms. The molecule has 2 aromatic carbocycles. The Hall–Kier alpha value is -2.13. The van der Waals surface area contributed by atoms with Gasteiger partial charge in [0.2, 0.25) is 5.91 Å². The number of benzene rings is 2. The van der Waals surface area contributed by atoms with Gasteiger partial charge in [0.05, 0.1) is 0 Å². The van der Waals surface area contributed by atoms with Gasteiger partial charge in [-0.2, -0.15) is 0 Å². The van der Waals surface area contributed by atoms with E-state index < -0.39 is 0 Å². The number of likely N-dealkylation sites (tertiary alicyclic amines) is 1. The first-order valence-electron chi connectivity index (χ1n) is 9.26. The zero-order chi connectivity index (χ0) is 17.6. The number of nitrogens with zero attached hydrogens (tertiary/aromatic N) is 2. The first-order valence-corrected chi connectivity index (χ1v) is 9.26. The van der Waals surface area contributed by atoms with Crippen LogP contribution in [-0.4, -0.2) is 36.5 Å². The van der Waals surface area contributed by atoms with Crippen LogP contribution in [0.1, 0.15) is 30.9 Å². The second-order valence-electron chi connectivity index (χ2n) is 7.04. The van der Waals surface area contributed by atoms with Crippen LogP contribution in [0, 0.1) is 6.92 Å². The van der Waals surface area contributed by atoms with E-state index in [9.17, 15) is 4.79 Å². The fourth-order valence-electron chi connectivity index (χ4n) is 3.76. The van der Waals surface area contributed by atoms with Crippen LogP contribution in [0.5, 0.6) is 0 Å². The topological polar surface area (TPSA) is 23.6 Å². The van der Waals surface area contributed by atoms with E-state index in [1.54, 1.807) is 6.92 Å². The summed E-state index contributed by atoms with van der Waals surface area (Å²) in [5.41, 5.74) is 3.63. The maximum Gasteiger partial charge on any atom is 0.224 e. The van der Waals surface area contributed by atoms with E-state index in [0.717, 1.165) is 44.6 Å². The van der Waals surface area contributed by atoms with Crippen LogP contribution in [-0.2, 0) is 11.2 Å². The highest BCUT2D eigenvalue weighted by molar-refractivity contribution is 5.92. The van der Waals surface area contributed by atoms with E-state index in [1.165, 1.54) is 11.1 Å². The third kappa shape index (κ3) is 4.70. The zero-order valence-corrected chi connectivity index (χ0v) is 15.3. The summed E-state index contributed by atoms with van der Waals surface area (Å²) in [6.45, 7) is 6.99. The van der Waals surface area contributed by atoms with Crippen LogP contribution in [0.3, 0.4) is 0 Å².